The summed E-state index contributed by atoms with van der Waals surface area (Å²) in [6.45, 7) is 6.20. The number of aryl methyl sites for hydroxylation is 1. The van der Waals surface area contributed by atoms with Crippen LogP contribution in [-0.4, -0.2) is 31.5 Å². The maximum Gasteiger partial charge on any atom is 0.249 e. The lowest BCUT2D eigenvalue weighted by Crippen LogP contribution is -2.48. The van der Waals surface area contributed by atoms with Gasteiger partial charge < -0.3 is 15.0 Å². The lowest BCUT2D eigenvalue weighted by atomic mass is 10.0. The van der Waals surface area contributed by atoms with Crippen LogP contribution in [0.25, 0.3) is 0 Å². The highest BCUT2D eigenvalue weighted by molar-refractivity contribution is 6.02. The van der Waals surface area contributed by atoms with E-state index in [1.165, 1.54) is 0 Å². The Morgan fingerprint density at radius 1 is 1.33 bits per heavy atom. The van der Waals surface area contributed by atoms with Gasteiger partial charge in [0.25, 0.3) is 0 Å². The maximum absolute atomic E-state index is 12.8. The van der Waals surface area contributed by atoms with E-state index in [4.69, 9.17) is 4.74 Å². The van der Waals surface area contributed by atoms with E-state index in [0.717, 1.165) is 11.3 Å². The monoisotopic (exact) mass is 290 g/mol. The molecule has 1 aliphatic heterocycles. The quantitative estimate of drug-likeness (QED) is 0.924. The van der Waals surface area contributed by atoms with Crippen molar-refractivity contribution in [3.8, 4) is 5.75 Å². The van der Waals surface area contributed by atoms with Crippen molar-refractivity contribution in [2.24, 2.45) is 5.92 Å². The van der Waals surface area contributed by atoms with Gasteiger partial charge >= 0.3 is 0 Å². The Balaban J connectivity index is 2.43. The van der Waals surface area contributed by atoms with Crippen molar-refractivity contribution in [3.63, 3.8) is 0 Å². The number of hydrogen-bond donors (Lipinski definition) is 1. The molecule has 2 rings (SSSR count). The van der Waals surface area contributed by atoms with E-state index in [0.29, 0.717) is 18.7 Å². The van der Waals surface area contributed by atoms with Gasteiger partial charge in [0.1, 0.15) is 11.8 Å². The highest BCUT2D eigenvalue weighted by atomic mass is 16.5. The minimum Gasteiger partial charge on any atom is -0.495 e. The Kier molecular flexibility index (Phi) is 4.50. The summed E-state index contributed by atoms with van der Waals surface area (Å²) in [6, 6.07) is 5.21. The smallest absolute Gasteiger partial charge is 0.249 e. The summed E-state index contributed by atoms with van der Waals surface area (Å²) in [5.41, 5.74) is 1.77. The third kappa shape index (κ3) is 3.17. The molecular weight excluding hydrogens is 268 g/mol. The summed E-state index contributed by atoms with van der Waals surface area (Å²) in [7, 11) is 1.58. The van der Waals surface area contributed by atoms with Crippen molar-refractivity contribution in [2.75, 3.05) is 18.6 Å². The molecule has 2 amide bonds. The minimum atomic E-state index is -0.495. The third-order valence-corrected chi connectivity index (χ3v) is 3.70. The van der Waals surface area contributed by atoms with Crippen LogP contribution in [0.2, 0.25) is 0 Å². The summed E-state index contributed by atoms with van der Waals surface area (Å²) in [6.07, 6.45) is 0.298. The van der Waals surface area contributed by atoms with Gasteiger partial charge in [0.05, 0.1) is 12.8 Å². The average molecular weight is 290 g/mol. The number of nitrogens with zero attached hydrogens (tertiary/aromatic N) is 1. The van der Waals surface area contributed by atoms with E-state index < -0.39 is 6.04 Å². The molecule has 0 aromatic heterocycles. The Labute approximate surface area is 125 Å². The van der Waals surface area contributed by atoms with Crippen LogP contribution in [0.15, 0.2) is 18.2 Å². The van der Waals surface area contributed by atoms with Crippen LogP contribution in [0.4, 0.5) is 5.69 Å². The lowest BCUT2D eigenvalue weighted by Gasteiger charge is -2.27. The first kappa shape index (κ1) is 15.4. The van der Waals surface area contributed by atoms with Crippen molar-refractivity contribution in [1.29, 1.82) is 0 Å². The van der Waals surface area contributed by atoms with Gasteiger partial charge in [0, 0.05) is 13.0 Å². The summed E-state index contributed by atoms with van der Waals surface area (Å²) in [4.78, 5) is 26.2. The molecule has 21 heavy (non-hydrogen) atoms. The van der Waals surface area contributed by atoms with Gasteiger partial charge in [-0.3, -0.25) is 9.59 Å². The third-order valence-electron chi connectivity index (χ3n) is 3.70. The summed E-state index contributed by atoms with van der Waals surface area (Å²) < 4.78 is 5.37. The van der Waals surface area contributed by atoms with Crippen LogP contribution in [0.5, 0.6) is 5.75 Å². The van der Waals surface area contributed by atoms with Gasteiger partial charge in [-0.2, -0.15) is 0 Å². The number of ether oxygens (including phenoxy) is 1. The number of anilines is 1. The second kappa shape index (κ2) is 6.16. The fourth-order valence-corrected chi connectivity index (χ4v) is 2.50. The lowest BCUT2D eigenvalue weighted by molar-refractivity contribution is -0.126. The largest absolute Gasteiger partial charge is 0.495 e. The standard InChI is InChI=1S/C16H22N2O3/c1-10(2)15-16(20)18(8-7-14(19)17-15)12-9-11(3)5-6-13(12)21-4/h5-6,9-10,15H,7-8H2,1-4H3,(H,17,19). The Morgan fingerprint density at radius 2 is 2.05 bits per heavy atom. The zero-order valence-electron chi connectivity index (χ0n) is 13.0. The van der Waals surface area contributed by atoms with Gasteiger partial charge in [0.15, 0.2) is 0 Å². The van der Waals surface area contributed by atoms with E-state index in [1.807, 2.05) is 39.0 Å². The predicted molar refractivity (Wildman–Crippen MR) is 81.5 cm³/mol. The SMILES string of the molecule is COc1ccc(C)cc1N1CCC(=O)NC(C(C)C)C1=O. The molecule has 0 spiro atoms. The molecule has 0 aliphatic carbocycles. The second-order valence-electron chi connectivity index (χ2n) is 5.70. The fourth-order valence-electron chi connectivity index (χ4n) is 2.50. The molecule has 1 atom stereocenters. The molecule has 5 heteroatoms. The van der Waals surface area contributed by atoms with E-state index >= 15 is 0 Å². The summed E-state index contributed by atoms with van der Waals surface area (Å²) in [5, 5.41) is 2.81. The number of hydrogen-bond acceptors (Lipinski definition) is 3. The Morgan fingerprint density at radius 3 is 2.67 bits per heavy atom. The number of rotatable bonds is 3. The van der Waals surface area contributed by atoms with E-state index in [9.17, 15) is 9.59 Å². The topological polar surface area (TPSA) is 58.6 Å². The van der Waals surface area contributed by atoms with Crippen molar-refractivity contribution in [3.05, 3.63) is 23.8 Å². The first-order valence-corrected chi connectivity index (χ1v) is 7.19. The first-order chi connectivity index (χ1) is 9.93. The number of carbonyl (C=O) groups is 2. The molecule has 1 aliphatic rings. The van der Waals surface area contributed by atoms with Gasteiger partial charge in [-0.1, -0.05) is 19.9 Å². The molecule has 1 heterocycles. The number of methoxy groups -OCH3 is 1. The number of benzene rings is 1. The second-order valence-corrected chi connectivity index (χ2v) is 5.70. The molecule has 1 unspecified atom stereocenters. The average Bonchev–Trinajstić information content (AvgIpc) is 2.58. The van der Waals surface area contributed by atoms with Crippen LogP contribution < -0.4 is 15.0 Å². The van der Waals surface area contributed by atoms with Crippen LogP contribution in [0.1, 0.15) is 25.8 Å². The van der Waals surface area contributed by atoms with Gasteiger partial charge in [-0.15, -0.1) is 0 Å². The van der Waals surface area contributed by atoms with Crippen LogP contribution in [-0.2, 0) is 9.59 Å². The minimum absolute atomic E-state index is 0.0397. The predicted octanol–water partition coefficient (Wildman–Crippen LogP) is 1.88. The molecule has 1 fully saturated rings. The molecule has 0 bridgehead atoms. The van der Waals surface area contributed by atoms with Gasteiger partial charge in [0.2, 0.25) is 11.8 Å². The molecule has 1 aromatic rings. The van der Waals surface area contributed by atoms with Crippen molar-refractivity contribution in [1.82, 2.24) is 5.32 Å². The Bertz CT molecular complexity index is 554. The maximum atomic E-state index is 12.8. The molecule has 5 nitrogen and oxygen atoms in total. The highest BCUT2D eigenvalue weighted by Crippen LogP contribution is 2.31. The summed E-state index contributed by atoms with van der Waals surface area (Å²) >= 11 is 0. The molecule has 1 N–H and O–H groups in total. The fraction of sp³-hybridized carbons (Fsp3) is 0.500. The number of carbonyl (C=O) groups excluding carboxylic acids is 2. The molecule has 114 valence electrons. The number of amides is 2. The molecule has 0 radical (unpaired) electrons. The van der Waals surface area contributed by atoms with Crippen molar-refractivity contribution in [2.45, 2.75) is 33.2 Å². The van der Waals surface area contributed by atoms with E-state index in [1.54, 1.807) is 12.0 Å². The highest BCUT2D eigenvalue weighted by Gasteiger charge is 2.33. The Hall–Kier alpha value is -2.04. The van der Waals surface area contributed by atoms with Gasteiger partial charge in [-0.05, 0) is 30.5 Å². The van der Waals surface area contributed by atoms with Gasteiger partial charge in [-0.25, -0.2) is 0 Å². The normalized spacial score (nSPS) is 19.5. The first-order valence-electron chi connectivity index (χ1n) is 7.19. The zero-order chi connectivity index (χ0) is 15.6. The van der Waals surface area contributed by atoms with Crippen LogP contribution >= 0.6 is 0 Å². The molecular formula is C16H22N2O3. The molecule has 1 saturated heterocycles. The van der Waals surface area contributed by atoms with Crippen LogP contribution in [0.3, 0.4) is 0 Å². The van der Waals surface area contributed by atoms with Crippen molar-refractivity contribution >= 4 is 17.5 Å². The molecule has 1 aromatic carbocycles. The van der Waals surface area contributed by atoms with Crippen LogP contribution in [0, 0.1) is 12.8 Å². The summed E-state index contributed by atoms with van der Waals surface area (Å²) in [5.74, 6) is 0.513. The zero-order valence-corrected chi connectivity index (χ0v) is 13.0. The van der Waals surface area contributed by atoms with E-state index in [2.05, 4.69) is 5.32 Å². The van der Waals surface area contributed by atoms with Crippen molar-refractivity contribution < 1.29 is 14.3 Å². The number of nitrogens with one attached hydrogen (secondary N) is 1. The molecule has 0 saturated carbocycles. The van der Waals surface area contributed by atoms with E-state index in [-0.39, 0.29) is 17.7 Å².